The number of nitriles is 1. The molecule has 0 radical (unpaired) electrons. The topological polar surface area (TPSA) is 23.8 Å². The molecule has 0 aromatic rings. The normalized spacial score (nSPS) is 14.5. The van der Waals surface area contributed by atoms with Crippen molar-refractivity contribution in [2.75, 3.05) is 0 Å². The molecular weight excluding hydrogens is 146 g/mol. The Kier molecular flexibility index (Phi) is 5.45. The second-order valence-electron chi connectivity index (χ2n) is 4.06. The Labute approximate surface area is 76.1 Å². The summed E-state index contributed by atoms with van der Waals surface area (Å²) in [5, 5.41) is 8.41. The van der Waals surface area contributed by atoms with Crippen LogP contribution in [-0.4, -0.2) is 0 Å². The van der Waals surface area contributed by atoms with Gasteiger partial charge in [-0.3, -0.25) is 0 Å². The van der Waals surface area contributed by atoms with Gasteiger partial charge in [-0.2, -0.15) is 5.26 Å². The number of hydrogen-bond donors (Lipinski definition) is 0. The minimum atomic E-state index is 0.703. The van der Waals surface area contributed by atoms with E-state index in [0.29, 0.717) is 5.92 Å². The Morgan fingerprint density at radius 1 is 1.42 bits per heavy atom. The lowest BCUT2D eigenvalue weighted by Crippen LogP contribution is -2.00. The van der Waals surface area contributed by atoms with Crippen molar-refractivity contribution >= 4 is 0 Å². The molecule has 68 valence electrons. The summed E-state index contributed by atoms with van der Waals surface area (Å²) < 4.78 is 0. The van der Waals surface area contributed by atoms with Crippen LogP contribution in [0.1, 0.15) is 40.5 Å². The van der Waals surface area contributed by atoms with E-state index >= 15 is 0 Å². The first-order chi connectivity index (χ1) is 5.56. The molecule has 0 N–H and O–H groups in total. The van der Waals surface area contributed by atoms with Gasteiger partial charge >= 0.3 is 0 Å². The van der Waals surface area contributed by atoms with E-state index in [1.807, 2.05) is 6.92 Å². The van der Waals surface area contributed by atoms with Gasteiger partial charge in [0.15, 0.2) is 0 Å². The predicted octanol–water partition coefficient (Wildman–Crippen LogP) is 3.53. The fourth-order valence-electron chi connectivity index (χ4n) is 1.61. The van der Waals surface area contributed by atoms with Crippen molar-refractivity contribution in [3.63, 3.8) is 0 Å². The fourth-order valence-corrected chi connectivity index (χ4v) is 1.61. The van der Waals surface area contributed by atoms with Gasteiger partial charge in [0.25, 0.3) is 0 Å². The molecule has 0 heterocycles. The summed E-state index contributed by atoms with van der Waals surface area (Å²) in [6.07, 6.45) is 3.96. The molecule has 0 bridgehead atoms. The SMILES string of the molecule is CC(=CC#N)CC(C)CC(C)C. The molecule has 0 fully saturated rings. The van der Waals surface area contributed by atoms with Crippen LogP contribution in [0, 0.1) is 23.2 Å². The highest BCUT2D eigenvalue weighted by Crippen LogP contribution is 2.18. The molecule has 0 rings (SSSR count). The molecule has 1 nitrogen and oxygen atoms in total. The van der Waals surface area contributed by atoms with Gasteiger partial charge in [0, 0.05) is 6.08 Å². The van der Waals surface area contributed by atoms with Crippen LogP contribution in [0.15, 0.2) is 11.6 Å². The van der Waals surface area contributed by atoms with Crippen molar-refractivity contribution in [3.05, 3.63) is 11.6 Å². The molecule has 1 heteroatoms. The number of nitrogens with zero attached hydrogens (tertiary/aromatic N) is 1. The molecule has 12 heavy (non-hydrogen) atoms. The quantitative estimate of drug-likeness (QED) is 0.585. The molecule has 0 amide bonds. The van der Waals surface area contributed by atoms with Gasteiger partial charge in [-0.25, -0.2) is 0 Å². The van der Waals surface area contributed by atoms with Crippen LogP contribution in [0.3, 0.4) is 0 Å². The second-order valence-corrected chi connectivity index (χ2v) is 4.06. The standard InChI is InChI=1S/C11H19N/c1-9(2)7-11(4)8-10(3)5-6-12/h5,9,11H,7-8H2,1-4H3. The molecular formula is C11H19N. The summed E-state index contributed by atoms with van der Waals surface area (Å²) in [7, 11) is 0. The van der Waals surface area contributed by atoms with E-state index in [-0.39, 0.29) is 0 Å². The Hall–Kier alpha value is -0.770. The van der Waals surface area contributed by atoms with Crippen molar-refractivity contribution in [1.82, 2.24) is 0 Å². The molecule has 0 aromatic carbocycles. The maximum atomic E-state index is 8.41. The molecule has 0 saturated carbocycles. The average molecular weight is 165 g/mol. The van der Waals surface area contributed by atoms with Gasteiger partial charge < -0.3 is 0 Å². The Morgan fingerprint density at radius 2 is 2.00 bits per heavy atom. The Balaban J connectivity index is 3.78. The third kappa shape index (κ3) is 5.97. The molecule has 0 aliphatic heterocycles. The molecule has 1 atom stereocenters. The van der Waals surface area contributed by atoms with E-state index < -0.39 is 0 Å². The van der Waals surface area contributed by atoms with Crippen LogP contribution in [-0.2, 0) is 0 Å². The van der Waals surface area contributed by atoms with E-state index in [1.54, 1.807) is 6.08 Å². The van der Waals surface area contributed by atoms with Crippen molar-refractivity contribution in [1.29, 1.82) is 5.26 Å². The average Bonchev–Trinajstić information content (AvgIpc) is 1.84. The summed E-state index contributed by atoms with van der Waals surface area (Å²) >= 11 is 0. The summed E-state index contributed by atoms with van der Waals surface area (Å²) in [4.78, 5) is 0. The van der Waals surface area contributed by atoms with E-state index in [1.165, 1.54) is 12.0 Å². The first-order valence-electron chi connectivity index (χ1n) is 4.61. The maximum absolute atomic E-state index is 8.41. The molecule has 0 aromatic heterocycles. The lowest BCUT2D eigenvalue weighted by atomic mass is 9.93. The van der Waals surface area contributed by atoms with E-state index in [2.05, 4.69) is 26.8 Å². The summed E-state index contributed by atoms with van der Waals surface area (Å²) in [5.41, 5.74) is 1.20. The highest BCUT2D eigenvalue weighted by atomic mass is 14.2. The fraction of sp³-hybridized carbons (Fsp3) is 0.727. The van der Waals surface area contributed by atoms with Crippen LogP contribution in [0.25, 0.3) is 0 Å². The van der Waals surface area contributed by atoms with Crippen LogP contribution < -0.4 is 0 Å². The second kappa shape index (κ2) is 5.83. The predicted molar refractivity (Wildman–Crippen MR) is 52.6 cm³/mol. The van der Waals surface area contributed by atoms with E-state index in [0.717, 1.165) is 12.3 Å². The summed E-state index contributed by atoms with van der Waals surface area (Å²) in [5.74, 6) is 1.46. The monoisotopic (exact) mass is 165 g/mol. The lowest BCUT2D eigenvalue weighted by molar-refractivity contribution is 0.436. The molecule has 0 aliphatic rings. The largest absolute Gasteiger partial charge is 0.193 e. The van der Waals surface area contributed by atoms with E-state index in [9.17, 15) is 0 Å². The number of allylic oxidation sites excluding steroid dienone is 2. The zero-order valence-electron chi connectivity index (χ0n) is 8.59. The zero-order valence-corrected chi connectivity index (χ0v) is 8.59. The Bertz CT molecular complexity index is 184. The van der Waals surface area contributed by atoms with Gasteiger partial charge in [-0.05, 0) is 31.6 Å². The van der Waals surface area contributed by atoms with Crippen LogP contribution in [0.4, 0.5) is 0 Å². The number of hydrogen-bond acceptors (Lipinski definition) is 1. The van der Waals surface area contributed by atoms with Crippen LogP contribution in [0.2, 0.25) is 0 Å². The van der Waals surface area contributed by atoms with Gasteiger partial charge in [-0.15, -0.1) is 0 Å². The third-order valence-electron chi connectivity index (χ3n) is 1.86. The van der Waals surface area contributed by atoms with Crippen molar-refractivity contribution in [3.8, 4) is 6.07 Å². The number of rotatable bonds is 4. The highest BCUT2D eigenvalue weighted by Gasteiger charge is 2.05. The minimum absolute atomic E-state index is 0.703. The van der Waals surface area contributed by atoms with Gasteiger partial charge in [-0.1, -0.05) is 26.3 Å². The van der Waals surface area contributed by atoms with Crippen molar-refractivity contribution < 1.29 is 0 Å². The summed E-state index contributed by atoms with van der Waals surface area (Å²) in [6, 6.07) is 2.06. The maximum Gasteiger partial charge on any atom is 0.0911 e. The Morgan fingerprint density at radius 3 is 2.42 bits per heavy atom. The first-order valence-corrected chi connectivity index (χ1v) is 4.61. The van der Waals surface area contributed by atoms with E-state index in [4.69, 9.17) is 5.26 Å². The highest BCUT2D eigenvalue weighted by molar-refractivity contribution is 5.11. The molecule has 0 spiro atoms. The summed E-state index contributed by atoms with van der Waals surface area (Å²) in [6.45, 7) is 8.74. The smallest absolute Gasteiger partial charge is 0.0911 e. The third-order valence-corrected chi connectivity index (χ3v) is 1.86. The molecule has 0 aliphatic carbocycles. The van der Waals surface area contributed by atoms with Gasteiger partial charge in [0.1, 0.15) is 0 Å². The molecule has 0 saturated heterocycles. The van der Waals surface area contributed by atoms with Gasteiger partial charge in [0.05, 0.1) is 6.07 Å². The molecule has 1 unspecified atom stereocenters. The van der Waals surface area contributed by atoms with Gasteiger partial charge in [0.2, 0.25) is 0 Å². The minimum Gasteiger partial charge on any atom is -0.193 e. The van der Waals surface area contributed by atoms with Crippen LogP contribution in [0.5, 0.6) is 0 Å². The van der Waals surface area contributed by atoms with Crippen LogP contribution >= 0.6 is 0 Å². The first kappa shape index (κ1) is 11.2. The lowest BCUT2D eigenvalue weighted by Gasteiger charge is -2.13. The van der Waals surface area contributed by atoms with Crippen molar-refractivity contribution in [2.45, 2.75) is 40.5 Å². The van der Waals surface area contributed by atoms with Crippen molar-refractivity contribution in [2.24, 2.45) is 11.8 Å². The zero-order chi connectivity index (χ0) is 9.56.